The molecule has 0 spiro atoms. The van der Waals surface area contributed by atoms with Crippen molar-refractivity contribution in [2.45, 2.75) is 13.8 Å². The number of carbonyl (C=O) groups excluding carboxylic acids is 2. The summed E-state index contributed by atoms with van der Waals surface area (Å²) in [6.45, 7) is 5.83. The van der Waals surface area contributed by atoms with Crippen LogP contribution in [-0.2, 0) is 29.1 Å². The first kappa shape index (κ1) is 29.0. The van der Waals surface area contributed by atoms with E-state index in [9.17, 15) is 18.0 Å². The maximum absolute atomic E-state index is 12.5. The lowest BCUT2D eigenvalue weighted by atomic mass is 10.2. The van der Waals surface area contributed by atoms with E-state index in [0.717, 1.165) is 11.1 Å². The second-order valence-electron chi connectivity index (χ2n) is 8.07. The fourth-order valence-electron chi connectivity index (χ4n) is 3.57. The molecule has 0 unspecified atom stereocenters. The van der Waals surface area contributed by atoms with Gasteiger partial charge >= 0.3 is 5.97 Å². The SMILES string of the molecule is CCOc1cc(N2CCOCC2)c(OCC)cc1NC(=O)COC(=O)CNS(=O)(=O)/C=C/c1ccccc1. The molecule has 1 aliphatic heterocycles. The quantitative estimate of drug-likeness (QED) is 0.363. The van der Waals surface area contributed by atoms with Crippen LogP contribution in [0, 0.1) is 0 Å². The summed E-state index contributed by atoms with van der Waals surface area (Å²) in [5.74, 6) is -0.509. The van der Waals surface area contributed by atoms with E-state index in [1.807, 2.05) is 19.9 Å². The van der Waals surface area contributed by atoms with Gasteiger partial charge in [0.05, 0.1) is 37.8 Å². The maximum Gasteiger partial charge on any atom is 0.321 e. The molecule has 1 saturated heterocycles. The highest BCUT2D eigenvalue weighted by molar-refractivity contribution is 7.92. The predicted octanol–water partition coefficient (Wildman–Crippen LogP) is 2.39. The Morgan fingerprint density at radius 2 is 1.71 bits per heavy atom. The van der Waals surface area contributed by atoms with E-state index in [1.165, 1.54) is 6.08 Å². The Balaban J connectivity index is 1.58. The van der Waals surface area contributed by atoms with Gasteiger partial charge in [-0.25, -0.2) is 13.1 Å². The Bertz CT molecular complexity index is 1210. The molecular weight excluding hydrogens is 514 g/mol. The molecule has 1 amide bonds. The summed E-state index contributed by atoms with van der Waals surface area (Å²) in [4.78, 5) is 26.7. The number of benzene rings is 2. The molecular formula is C26H33N3O8S. The number of anilines is 2. The van der Waals surface area contributed by atoms with Crippen LogP contribution in [0.4, 0.5) is 11.4 Å². The van der Waals surface area contributed by atoms with Crippen molar-refractivity contribution in [3.8, 4) is 11.5 Å². The Morgan fingerprint density at radius 3 is 2.39 bits per heavy atom. The third-order valence-electron chi connectivity index (χ3n) is 5.31. The number of ether oxygens (including phenoxy) is 4. The van der Waals surface area contributed by atoms with E-state index < -0.39 is 35.1 Å². The third kappa shape index (κ3) is 9.05. The average molecular weight is 548 g/mol. The average Bonchev–Trinajstić information content (AvgIpc) is 2.92. The molecule has 11 nitrogen and oxygen atoms in total. The molecule has 38 heavy (non-hydrogen) atoms. The van der Waals surface area contributed by atoms with Crippen molar-refractivity contribution in [2.24, 2.45) is 0 Å². The molecule has 1 aliphatic rings. The van der Waals surface area contributed by atoms with Gasteiger partial charge in [-0.05, 0) is 25.5 Å². The molecule has 1 fully saturated rings. The summed E-state index contributed by atoms with van der Waals surface area (Å²) in [5.41, 5.74) is 1.88. The zero-order chi connectivity index (χ0) is 27.4. The first-order valence-corrected chi connectivity index (χ1v) is 13.8. The highest BCUT2D eigenvalue weighted by Gasteiger charge is 2.21. The first-order valence-electron chi connectivity index (χ1n) is 12.3. The number of esters is 1. The Hall–Kier alpha value is -3.61. The largest absolute Gasteiger partial charge is 0.492 e. The number of sulfonamides is 1. The van der Waals surface area contributed by atoms with Crippen LogP contribution in [0.3, 0.4) is 0 Å². The minimum atomic E-state index is -3.87. The summed E-state index contributed by atoms with van der Waals surface area (Å²) in [7, 11) is -3.87. The molecule has 2 aromatic carbocycles. The van der Waals surface area contributed by atoms with E-state index in [-0.39, 0.29) is 0 Å². The van der Waals surface area contributed by atoms with Crippen molar-refractivity contribution in [1.29, 1.82) is 0 Å². The van der Waals surface area contributed by atoms with Crippen LogP contribution >= 0.6 is 0 Å². The van der Waals surface area contributed by atoms with Crippen LogP contribution in [0.5, 0.6) is 11.5 Å². The summed E-state index contributed by atoms with van der Waals surface area (Å²) in [6, 6.07) is 12.3. The zero-order valence-corrected chi connectivity index (χ0v) is 22.3. The standard InChI is InChI=1S/C26H33N3O8S/c1-3-35-23-17-22(29-11-13-34-14-12-29)24(36-4-2)16-21(23)28-25(30)19-37-26(31)18-27-38(32,33)15-10-20-8-6-5-7-9-20/h5-10,15-17,27H,3-4,11-14,18-19H2,1-2H3,(H,28,30)/b15-10+. The lowest BCUT2D eigenvalue weighted by Crippen LogP contribution is -2.36. The van der Waals surface area contributed by atoms with Crippen molar-refractivity contribution in [3.05, 3.63) is 53.4 Å². The lowest BCUT2D eigenvalue weighted by molar-refractivity contribution is -0.146. The highest BCUT2D eigenvalue weighted by Crippen LogP contribution is 2.39. The van der Waals surface area contributed by atoms with Gasteiger partial charge in [0.2, 0.25) is 10.0 Å². The second kappa shape index (κ2) is 14.4. The van der Waals surface area contributed by atoms with E-state index in [1.54, 1.807) is 36.4 Å². The molecule has 206 valence electrons. The smallest absolute Gasteiger partial charge is 0.321 e. The number of carbonyl (C=O) groups is 2. The van der Waals surface area contributed by atoms with Crippen molar-refractivity contribution >= 4 is 39.4 Å². The first-order chi connectivity index (χ1) is 18.3. The molecule has 0 saturated carbocycles. The normalized spacial score (nSPS) is 13.8. The van der Waals surface area contributed by atoms with E-state index in [0.29, 0.717) is 62.3 Å². The molecule has 2 N–H and O–H groups in total. The number of hydrogen-bond acceptors (Lipinski definition) is 9. The monoisotopic (exact) mass is 547 g/mol. The Morgan fingerprint density at radius 1 is 1.03 bits per heavy atom. The van der Waals surface area contributed by atoms with E-state index in [4.69, 9.17) is 18.9 Å². The van der Waals surface area contributed by atoms with Crippen LogP contribution in [0.1, 0.15) is 19.4 Å². The minimum Gasteiger partial charge on any atom is -0.492 e. The predicted molar refractivity (Wildman–Crippen MR) is 144 cm³/mol. The Kier molecular flexibility index (Phi) is 10.9. The van der Waals surface area contributed by atoms with Crippen molar-refractivity contribution in [1.82, 2.24) is 4.72 Å². The number of nitrogens with zero attached hydrogens (tertiary/aromatic N) is 1. The second-order valence-corrected chi connectivity index (χ2v) is 9.72. The van der Waals surface area contributed by atoms with Crippen LogP contribution < -0.4 is 24.4 Å². The van der Waals surface area contributed by atoms with E-state index in [2.05, 4.69) is 14.9 Å². The van der Waals surface area contributed by atoms with Crippen LogP contribution in [0.15, 0.2) is 47.9 Å². The van der Waals surface area contributed by atoms with Gasteiger partial charge in [-0.2, -0.15) is 0 Å². The lowest BCUT2D eigenvalue weighted by Gasteiger charge is -2.31. The fraction of sp³-hybridized carbons (Fsp3) is 0.385. The number of rotatable bonds is 13. The number of morpholine rings is 1. The van der Waals surface area contributed by atoms with Crippen LogP contribution in [0.25, 0.3) is 6.08 Å². The summed E-state index contributed by atoms with van der Waals surface area (Å²) < 4.78 is 48.2. The molecule has 2 aromatic rings. The highest BCUT2D eigenvalue weighted by atomic mass is 32.2. The third-order valence-corrected chi connectivity index (χ3v) is 6.35. The molecule has 0 atom stereocenters. The van der Waals surface area contributed by atoms with Crippen LogP contribution in [-0.4, -0.2) is 73.0 Å². The molecule has 1 heterocycles. The van der Waals surface area contributed by atoms with Gasteiger partial charge in [-0.3, -0.25) is 9.59 Å². The molecule has 0 aliphatic carbocycles. The van der Waals surface area contributed by atoms with Gasteiger partial charge in [0.1, 0.15) is 18.0 Å². The van der Waals surface area contributed by atoms with Gasteiger partial charge in [-0.15, -0.1) is 0 Å². The minimum absolute atomic E-state index is 0.361. The summed E-state index contributed by atoms with van der Waals surface area (Å²) in [5, 5.41) is 3.63. The summed E-state index contributed by atoms with van der Waals surface area (Å²) >= 11 is 0. The topological polar surface area (TPSA) is 132 Å². The maximum atomic E-state index is 12.5. The number of amides is 1. The molecule has 12 heteroatoms. The molecule has 0 bridgehead atoms. The zero-order valence-electron chi connectivity index (χ0n) is 21.5. The van der Waals surface area contributed by atoms with Crippen molar-refractivity contribution in [2.75, 3.05) is 62.9 Å². The molecule has 0 aromatic heterocycles. The van der Waals surface area contributed by atoms with E-state index >= 15 is 0 Å². The van der Waals surface area contributed by atoms with Gasteiger partial charge in [0.25, 0.3) is 5.91 Å². The van der Waals surface area contributed by atoms with Crippen LogP contribution in [0.2, 0.25) is 0 Å². The molecule has 3 rings (SSSR count). The number of nitrogens with one attached hydrogen (secondary N) is 2. The molecule has 0 radical (unpaired) electrons. The van der Waals surface area contributed by atoms with Gasteiger partial charge in [0.15, 0.2) is 6.61 Å². The number of hydrogen-bond donors (Lipinski definition) is 2. The Labute approximate surface area is 222 Å². The van der Waals surface area contributed by atoms with Gasteiger partial charge in [-0.1, -0.05) is 30.3 Å². The summed E-state index contributed by atoms with van der Waals surface area (Å²) in [6.07, 6.45) is 1.40. The van der Waals surface area contributed by atoms with Crippen molar-refractivity contribution < 1.29 is 37.0 Å². The van der Waals surface area contributed by atoms with Gasteiger partial charge in [0, 0.05) is 30.6 Å². The fourth-order valence-corrected chi connectivity index (χ4v) is 4.32. The van der Waals surface area contributed by atoms with Gasteiger partial charge < -0.3 is 29.2 Å². The van der Waals surface area contributed by atoms with Crippen molar-refractivity contribution in [3.63, 3.8) is 0 Å².